The quantitative estimate of drug-likeness (QED) is 0.235. The second-order valence-electron chi connectivity index (χ2n) is 13.6. The van der Waals surface area contributed by atoms with Crippen molar-refractivity contribution in [3.8, 4) is 29.0 Å². The molecule has 0 spiro atoms. The number of nitriles is 1. The Labute approximate surface area is 297 Å². The first-order valence-corrected chi connectivity index (χ1v) is 17.7. The second-order valence-corrected chi connectivity index (χ2v) is 15.0. The Kier molecular flexibility index (Phi) is 8.30. The van der Waals surface area contributed by atoms with E-state index >= 15 is 8.78 Å². The zero-order valence-corrected chi connectivity index (χ0v) is 28.8. The van der Waals surface area contributed by atoms with Gasteiger partial charge in [0.05, 0.1) is 32.3 Å². The topological polar surface area (TPSA) is 121 Å². The molecular weight excluding hydrogens is 717 g/mol. The normalized spacial score (nSPS) is 24.7. The van der Waals surface area contributed by atoms with Gasteiger partial charge in [0.15, 0.2) is 11.6 Å². The molecule has 51 heavy (non-hydrogen) atoms. The minimum Gasteiger partial charge on any atom is -0.486 e. The lowest BCUT2D eigenvalue weighted by Gasteiger charge is -2.34. The van der Waals surface area contributed by atoms with E-state index in [-0.39, 0.29) is 97.9 Å². The molecule has 2 N–H and O–H groups in total. The van der Waals surface area contributed by atoms with E-state index in [1.54, 1.807) is 11.9 Å². The number of rotatable bonds is 5. The van der Waals surface area contributed by atoms with Crippen LogP contribution >= 0.6 is 22.9 Å². The van der Waals surface area contributed by atoms with Crippen molar-refractivity contribution >= 4 is 60.7 Å². The van der Waals surface area contributed by atoms with Crippen molar-refractivity contribution in [1.29, 1.82) is 5.26 Å². The number of fused-ring (bicyclic) bond motifs is 3. The Morgan fingerprint density at radius 2 is 2.04 bits per heavy atom. The summed E-state index contributed by atoms with van der Waals surface area (Å²) in [5, 5.41) is 9.94. The van der Waals surface area contributed by atoms with Crippen LogP contribution in [0.3, 0.4) is 0 Å². The fourth-order valence-corrected chi connectivity index (χ4v) is 9.60. The van der Waals surface area contributed by atoms with Gasteiger partial charge in [-0.2, -0.15) is 24.0 Å². The molecule has 4 atom stereocenters. The van der Waals surface area contributed by atoms with E-state index in [1.165, 1.54) is 6.07 Å². The van der Waals surface area contributed by atoms with Crippen molar-refractivity contribution in [3.63, 3.8) is 0 Å². The molecule has 0 bridgehead atoms. The predicted molar refractivity (Wildman–Crippen MR) is 181 cm³/mol. The standard InChI is InChI=1S/C34H31ClF5N7O3S/c1-45-19-13-46(32(48)29(39)40)8-2-4-20(19)50-27-23-26(43-33(44-31(23)45)49-14-34-7-3-9-47(34)12-15(36)10-34)25(38)22(24(27)35)16-5-6-18(37)28-21(16)17(11-41)30(42)51-28/h5-6,15,19-20,29H,2-4,7-10,12-14,42H2,1H3/t15-,19?,20?,34+/m1/s1. The van der Waals surface area contributed by atoms with Crippen LogP contribution in [-0.2, 0) is 4.79 Å². The molecule has 2 aromatic heterocycles. The number of hydrogen-bond donors (Lipinski definition) is 1. The highest BCUT2D eigenvalue weighted by atomic mass is 35.5. The molecule has 8 rings (SSSR count). The predicted octanol–water partition coefficient (Wildman–Crippen LogP) is 6.31. The maximum atomic E-state index is 17.2. The summed E-state index contributed by atoms with van der Waals surface area (Å²) in [6.45, 7) is 0.951. The minimum atomic E-state index is -3.21. The first-order valence-electron chi connectivity index (χ1n) is 16.5. The summed E-state index contributed by atoms with van der Waals surface area (Å²) in [6, 6.07) is 3.47. The summed E-state index contributed by atoms with van der Waals surface area (Å²) in [5.41, 5.74) is 5.05. The highest BCUT2D eigenvalue weighted by Crippen LogP contribution is 2.52. The van der Waals surface area contributed by atoms with Gasteiger partial charge < -0.3 is 25.0 Å². The molecule has 2 aromatic carbocycles. The van der Waals surface area contributed by atoms with Gasteiger partial charge in [0.25, 0.3) is 5.91 Å². The van der Waals surface area contributed by atoms with E-state index in [0.29, 0.717) is 25.8 Å². The lowest BCUT2D eigenvalue weighted by atomic mass is 9.95. The van der Waals surface area contributed by atoms with E-state index in [2.05, 4.69) is 9.97 Å². The number of nitrogen functional groups attached to an aromatic ring is 1. The van der Waals surface area contributed by atoms with Crippen LogP contribution < -0.4 is 20.1 Å². The smallest absolute Gasteiger partial charge is 0.319 e. The summed E-state index contributed by atoms with van der Waals surface area (Å²) in [4.78, 5) is 26.5. The van der Waals surface area contributed by atoms with Gasteiger partial charge in [-0.1, -0.05) is 17.7 Å². The zero-order chi connectivity index (χ0) is 35.9. The number of halogens is 6. The van der Waals surface area contributed by atoms with Gasteiger partial charge >= 0.3 is 12.4 Å². The summed E-state index contributed by atoms with van der Waals surface area (Å²) >= 11 is 7.92. The van der Waals surface area contributed by atoms with Gasteiger partial charge in [0.1, 0.15) is 47.1 Å². The maximum absolute atomic E-state index is 17.2. The first-order chi connectivity index (χ1) is 24.4. The fraction of sp³-hybridized carbons (Fsp3) is 0.471. The first kappa shape index (κ1) is 33.9. The van der Waals surface area contributed by atoms with Crippen molar-refractivity contribution in [3.05, 3.63) is 34.4 Å². The number of nitrogens with two attached hydrogens (primary N) is 1. The molecule has 1 amide bonds. The Morgan fingerprint density at radius 1 is 1.24 bits per heavy atom. The highest BCUT2D eigenvalue weighted by Gasteiger charge is 2.50. The number of thiophene rings is 1. The summed E-state index contributed by atoms with van der Waals surface area (Å²) < 4.78 is 86.9. The van der Waals surface area contributed by atoms with Crippen LogP contribution in [0, 0.1) is 23.0 Å². The number of nitrogens with zero attached hydrogens (tertiary/aromatic N) is 6. The molecule has 6 heterocycles. The van der Waals surface area contributed by atoms with Gasteiger partial charge in [-0.05, 0) is 43.9 Å². The van der Waals surface area contributed by atoms with E-state index in [1.807, 2.05) is 11.0 Å². The lowest BCUT2D eigenvalue weighted by Crippen LogP contribution is -2.51. The van der Waals surface area contributed by atoms with Crippen molar-refractivity contribution in [2.75, 3.05) is 50.5 Å². The molecular formula is C34H31ClF5N7O3S. The highest BCUT2D eigenvalue weighted by molar-refractivity contribution is 7.23. The van der Waals surface area contributed by atoms with Crippen molar-refractivity contribution < 1.29 is 36.2 Å². The maximum Gasteiger partial charge on any atom is 0.319 e. The number of carbonyl (C=O) groups is 1. The molecule has 3 saturated heterocycles. The molecule has 2 unspecified atom stereocenters. The average molecular weight is 748 g/mol. The Balaban J connectivity index is 1.33. The van der Waals surface area contributed by atoms with Gasteiger partial charge in [-0.25, -0.2) is 13.2 Å². The number of hydrogen-bond acceptors (Lipinski definition) is 10. The van der Waals surface area contributed by atoms with Crippen LogP contribution in [0.5, 0.6) is 11.8 Å². The van der Waals surface area contributed by atoms with Gasteiger partial charge in [-0.15, -0.1) is 11.3 Å². The molecule has 4 aliphatic heterocycles. The number of likely N-dealkylation sites (N-methyl/N-ethyl adjacent to an activating group) is 1. The molecule has 4 aromatic rings. The summed E-state index contributed by atoms with van der Waals surface area (Å²) in [6.07, 6.45) is -2.49. The van der Waals surface area contributed by atoms with Crippen LogP contribution in [-0.4, -0.2) is 95.8 Å². The monoisotopic (exact) mass is 747 g/mol. The third-order valence-corrected chi connectivity index (χ3v) is 12.1. The van der Waals surface area contributed by atoms with Crippen LogP contribution in [0.4, 0.5) is 32.8 Å². The van der Waals surface area contributed by atoms with Crippen LogP contribution in [0.15, 0.2) is 12.1 Å². The van der Waals surface area contributed by atoms with Crippen molar-refractivity contribution in [2.24, 2.45) is 0 Å². The molecule has 4 aliphatic rings. The number of anilines is 2. The molecule has 0 radical (unpaired) electrons. The fourth-order valence-electron chi connectivity index (χ4n) is 8.32. The van der Waals surface area contributed by atoms with E-state index < -0.39 is 47.8 Å². The van der Waals surface area contributed by atoms with Crippen LogP contribution in [0.1, 0.15) is 37.7 Å². The zero-order valence-electron chi connectivity index (χ0n) is 27.2. The number of alkyl halides is 3. The largest absolute Gasteiger partial charge is 0.486 e. The van der Waals surface area contributed by atoms with E-state index in [4.69, 9.17) is 26.8 Å². The van der Waals surface area contributed by atoms with Gasteiger partial charge in [0.2, 0.25) is 0 Å². The molecule has 17 heteroatoms. The van der Waals surface area contributed by atoms with Crippen molar-refractivity contribution in [1.82, 2.24) is 19.8 Å². The van der Waals surface area contributed by atoms with Gasteiger partial charge in [-0.3, -0.25) is 9.69 Å². The third kappa shape index (κ3) is 5.30. The number of ether oxygens (including phenoxy) is 2. The Morgan fingerprint density at radius 3 is 2.80 bits per heavy atom. The van der Waals surface area contributed by atoms with E-state index in [9.17, 15) is 23.2 Å². The number of amides is 1. The average Bonchev–Trinajstić information content (AvgIpc) is 3.66. The molecule has 0 aliphatic carbocycles. The van der Waals surface area contributed by atoms with Gasteiger partial charge in [0, 0.05) is 44.1 Å². The van der Waals surface area contributed by atoms with Crippen LogP contribution in [0.2, 0.25) is 5.02 Å². The SMILES string of the molecule is CN1c2nc(OC[C@@]34CCCN3C[C@H](F)C4)nc3c(F)c(-c4ccc(F)c5sc(N)c(C#N)c45)c(Cl)c(c23)OC2CCCN(C(=O)C(F)F)CC21. The van der Waals surface area contributed by atoms with Crippen LogP contribution in [0.25, 0.3) is 32.1 Å². The van der Waals surface area contributed by atoms with E-state index in [0.717, 1.165) is 28.7 Å². The molecule has 0 saturated carbocycles. The summed E-state index contributed by atoms with van der Waals surface area (Å²) in [5.74, 6) is -2.80. The number of likely N-dealkylation sites (tertiary alicyclic amines) is 1. The number of carbonyl (C=O) groups excluding carboxylic acids is 1. The molecule has 3 fully saturated rings. The Bertz CT molecular complexity index is 2150. The number of benzene rings is 2. The minimum absolute atomic E-state index is 0.00610. The molecule has 268 valence electrons. The lowest BCUT2D eigenvalue weighted by molar-refractivity contribution is -0.143. The third-order valence-electron chi connectivity index (χ3n) is 10.7. The second kappa shape index (κ2) is 12.5. The Hall–Kier alpha value is -4.20. The van der Waals surface area contributed by atoms with Crippen molar-refractivity contribution in [2.45, 2.75) is 62.4 Å². The molecule has 10 nitrogen and oxygen atoms in total. The summed E-state index contributed by atoms with van der Waals surface area (Å²) in [7, 11) is 1.64. The number of aromatic nitrogens is 2.